The van der Waals surface area contributed by atoms with E-state index in [1.807, 2.05) is 54.6 Å². The second-order valence-electron chi connectivity index (χ2n) is 7.18. The lowest BCUT2D eigenvalue weighted by Gasteiger charge is -2.24. The summed E-state index contributed by atoms with van der Waals surface area (Å²) in [6.07, 6.45) is 6.65. The molecule has 2 aromatic carbocycles. The number of benzene rings is 2. The van der Waals surface area contributed by atoms with Gasteiger partial charge in [-0.3, -0.25) is 9.59 Å². The molecule has 1 atom stereocenters. The molecule has 0 saturated heterocycles. The average Bonchev–Trinajstić information content (AvgIpc) is 3.42. The molecule has 1 aromatic heterocycles. The summed E-state index contributed by atoms with van der Waals surface area (Å²) in [5.74, 6) is -0.216. The van der Waals surface area contributed by atoms with Crippen molar-refractivity contribution in [2.75, 3.05) is 18.0 Å². The molecular formula is C23H24N4O2. The Labute approximate surface area is 170 Å². The van der Waals surface area contributed by atoms with E-state index in [1.165, 1.54) is 5.56 Å². The minimum atomic E-state index is -0.611. The van der Waals surface area contributed by atoms with Gasteiger partial charge in [-0.15, -0.1) is 0 Å². The first kappa shape index (κ1) is 18.9. The van der Waals surface area contributed by atoms with Gasteiger partial charge in [0.25, 0.3) is 5.91 Å². The molecule has 0 saturated carbocycles. The molecule has 0 unspecified atom stereocenters. The van der Waals surface area contributed by atoms with E-state index in [-0.39, 0.29) is 18.2 Å². The van der Waals surface area contributed by atoms with Crippen molar-refractivity contribution in [3.63, 3.8) is 0 Å². The number of rotatable bonds is 7. The number of nitrogens with zero attached hydrogens (tertiary/aromatic N) is 3. The van der Waals surface area contributed by atoms with Crippen LogP contribution in [0.15, 0.2) is 73.3 Å². The summed E-state index contributed by atoms with van der Waals surface area (Å²) in [6.45, 7) is 1.18. The van der Waals surface area contributed by atoms with Crippen molar-refractivity contribution < 1.29 is 9.59 Å². The Balaban J connectivity index is 1.42. The van der Waals surface area contributed by atoms with Crippen molar-refractivity contribution in [3.05, 3.63) is 84.4 Å². The van der Waals surface area contributed by atoms with Gasteiger partial charge in [0.15, 0.2) is 0 Å². The number of hydrogen-bond acceptors (Lipinski definition) is 3. The van der Waals surface area contributed by atoms with Crippen molar-refractivity contribution in [1.29, 1.82) is 0 Å². The van der Waals surface area contributed by atoms with E-state index in [9.17, 15) is 9.59 Å². The molecular weight excluding hydrogens is 364 g/mol. The highest BCUT2D eigenvalue weighted by Gasteiger charge is 2.32. The van der Waals surface area contributed by atoms with E-state index in [0.717, 1.165) is 24.1 Å². The Bertz CT molecular complexity index is 970. The number of aromatic nitrogens is 2. The van der Waals surface area contributed by atoms with Gasteiger partial charge in [0.1, 0.15) is 6.04 Å². The van der Waals surface area contributed by atoms with Crippen LogP contribution in [0, 0.1) is 0 Å². The highest BCUT2D eigenvalue weighted by molar-refractivity contribution is 6.00. The van der Waals surface area contributed by atoms with Crippen LogP contribution in [0.5, 0.6) is 0 Å². The third-order valence-corrected chi connectivity index (χ3v) is 5.28. The zero-order chi connectivity index (χ0) is 20.1. The molecule has 0 fully saturated rings. The van der Waals surface area contributed by atoms with E-state index in [2.05, 4.69) is 10.3 Å². The van der Waals surface area contributed by atoms with Gasteiger partial charge in [-0.1, -0.05) is 48.5 Å². The highest BCUT2D eigenvalue weighted by Crippen LogP contribution is 2.30. The molecule has 0 radical (unpaired) electrons. The second kappa shape index (κ2) is 8.73. The molecule has 1 aliphatic heterocycles. The van der Waals surface area contributed by atoms with Crippen LogP contribution in [0.4, 0.5) is 5.69 Å². The summed E-state index contributed by atoms with van der Waals surface area (Å²) < 4.78 is 1.72. The Hall–Kier alpha value is -3.41. The van der Waals surface area contributed by atoms with Crippen LogP contribution in [0.1, 0.15) is 23.6 Å². The molecule has 6 heteroatoms. The predicted octanol–water partition coefficient (Wildman–Crippen LogP) is 2.76. The molecule has 2 heterocycles. The van der Waals surface area contributed by atoms with Crippen molar-refractivity contribution in [2.24, 2.45) is 0 Å². The van der Waals surface area contributed by atoms with Gasteiger partial charge in [0.05, 0.1) is 12.7 Å². The zero-order valence-corrected chi connectivity index (χ0v) is 16.2. The number of anilines is 1. The van der Waals surface area contributed by atoms with Gasteiger partial charge in [0.2, 0.25) is 5.91 Å². The van der Waals surface area contributed by atoms with E-state index >= 15 is 0 Å². The van der Waals surface area contributed by atoms with Crippen molar-refractivity contribution >= 4 is 17.5 Å². The number of imidazole rings is 1. The topological polar surface area (TPSA) is 67.2 Å². The van der Waals surface area contributed by atoms with Crippen molar-refractivity contribution in [1.82, 2.24) is 14.9 Å². The monoisotopic (exact) mass is 388 g/mol. The first-order chi connectivity index (χ1) is 14.2. The van der Waals surface area contributed by atoms with Crippen LogP contribution in [0.3, 0.4) is 0 Å². The highest BCUT2D eigenvalue weighted by atomic mass is 16.2. The molecule has 29 heavy (non-hydrogen) atoms. The summed E-state index contributed by atoms with van der Waals surface area (Å²) in [7, 11) is 0. The zero-order valence-electron chi connectivity index (χ0n) is 16.2. The first-order valence-corrected chi connectivity index (χ1v) is 9.90. The third-order valence-electron chi connectivity index (χ3n) is 5.28. The molecule has 4 rings (SSSR count). The van der Waals surface area contributed by atoms with Gasteiger partial charge in [-0.25, -0.2) is 4.98 Å². The molecule has 0 spiro atoms. The lowest BCUT2D eigenvalue weighted by molar-refractivity contribution is -0.128. The van der Waals surface area contributed by atoms with Crippen molar-refractivity contribution in [2.45, 2.75) is 25.3 Å². The molecule has 2 amide bonds. The number of para-hydroxylation sites is 1. The average molecular weight is 388 g/mol. The number of nitrogens with one attached hydrogen (secondary N) is 1. The Morgan fingerprint density at radius 2 is 1.86 bits per heavy atom. The van der Waals surface area contributed by atoms with Gasteiger partial charge in [-0.2, -0.15) is 0 Å². The summed E-state index contributed by atoms with van der Waals surface area (Å²) in [4.78, 5) is 31.8. The molecule has 1 aliphatic rings. The van der Waals surface area contributed by atoms with Crippen LogP contribution in [0.25, 0.3) is 0 Å². The predicted molar refractivity (Wildman–Crippen MR) is 112 cm³/mol. The summed E-state index contributed by atoms with van der Waals surface area (Å²) in [6, 6.07) is 17.3. The molecule has 0 bridgehead atoms. The number of amides is 2. The van der Waals surface area contributed by atoms with Crippen LogP contribution >= 0.6 is 0 Å². The van der Waals surface area contributed by atoms with Gasteiger partial charge >= 0.3 is 0 Å². The number of hydrogen-bond donors (Lipinski definition) is 1. The van der Waals surface area contributed by atoms with Crippen LogP contribution < -0.4 is 10.2 Å². The Morgan fingerprint density at radius 1 is 1.07 bits per heavy atom. The van der Waals surface area contributed by atoms with Crippen LogP contribution in [-0.4, -0.2) is 34.5 Å². The minimum absolute atomic E-state index is 0.0776. The van der Waals surface area contributed by atoms with Crippen LogP contribution in [-0.2, 0) is 22.4 Å². The van der Waals surface area contributed by atoms with E-state index in [4.69, 9.17) is 0 Å². The lowest BCUT2D eigenvalue weighted by Crippen LogP contribution is -2.39. The summed E-state index contributed by atoms with van der Waals surface area (Å²) in [5, 5.41) is 2.94. The minimum Gasteiger partial charge on any atom is -0.356 e. The molecule has 6 nitrogen and oxygen atoms in total. The SMILES string of the molecule is O=C(C[C@H](C(=O)N1CCc2ccccc21)n1ccnc1)NCCc1ccccc1. The van der Waals surface area contributed by atoms with E-state index in [1.54, 1.807) is 28.2 Å². The summed E-state index contributed by atoms with van der Waals surface area (Å²) >= 11 is 0. The Morgan fingerprint density at radius 3 is 2.66 bits per heavy atom. The summed E-state index contributed by atoms with van der Waals surface area (Å²) in [5.41, 5.74) is 3.27. The molecule has 148 valence electrons. The number of fused-ring (bicyclic) bond motifs is 1. The largest absolute Gasteiger partial charge is 0.356 e. The van der Waals surface area contributed by atoms with E-state index < -0.39 is 6.04 Å². The molecule has 1 N–H and O–H groups in total. The fraction of sp³-hybridized carbons (Fsp3) is 0.261. The first-order valence-electron chi connectivity index (χ1n) is 9.90. The lowest BCUT2D eigenvalue weighted by atomic mass is 10.1. The third kappa shape index (κ3) is 4.37. The molecule has 3 aromatic rings. The van der Waals surface area contributed by atoms with Gasteiger partial charge in [0, 0.05) is 31.2 Å². The smallest absolute Gasteiger partial charge is 0.250 e. The fourth-order valence-corrected chi connectivity index (χ4v) is 3.76. The standard InChI is InChI=1S/C23H24N4O2/c28-22(25-12-10-18-6-2-1-3-7-18)16-21(26-15-13-24-17-26)23(29)27-14-11-19-8-4-5-9-20(19)27/h1-9,13,15,17,21H,10-12,14,16H2,(H,25,28)/t21-/m1/s1. The number of carbonyl (C=O) groups excluding carboxylic acids is 2. The van der Waals surface area contributed by atoms with E-state index in [0.29, 0.717) is 13.1 Å². The van der Waals surface area contributed by atoms with Gasteiger partial charge < -0.3 is 14.8 Å². The maximum Gasteiger partial charge on any atom is 0.250 e. The fourth-order valence-electron chi connectivity index (χ4n) is 3.76. The van der Waals surface area contributed by atoms with Gasteiger partial charge in [-0.05, 0) is 30.0 Å². The Kier molecular flexibility index (Phi) is 5.70. The van der Waals surface area contributed by atoms with Crippen molar-refractivity contribution in [3.8, 4) is 0 Å². The maximum atomic E-state index is 13.3. The second-order valence-corrected chi connectivity index (χ2v) is 7.18. The van der Waals surface area contributed by atoms with Crippen LogP contribution in [0.2, 0.25) is 0 Å². The number of carbonyl (C=O) groups is 2. The molecule has 0 aliphatic carbocycles. The maximum absolute atomic E-state index is 13.3. The normalized spacial score (nSPS) is 13.7. The quantitative estimate of drug-likeness (QED) is 0.677.